The lowest BCUT2D eigenvalue weighted by atomic mass is 10.00. The van der Waals surface area contributed by atoms with Crippen LogP contribution in [0.5, 0.6) is 0 Å². The van der Waals surface area contributed by atoms with Gasteiger partial charge in [0.15, 0.2) is 0 Å². The molecule has 11 aromatic rings. The normalized spacial score (nSPS) is 12.3. The molecule has 0 saturated carbocycles. The van der Waals surface area contributed by atoms with Crippen LogP contribution in [0.4, 0.5) is 0 Å². The van der Waals surface area contributed by atoms with E-state index in [1.807, 2.05) is 6.07 Å². The lowest BCUT2D eigenvalue weighted by molar-refractivity contribution is 0.673. The van der Waals surface area contributed by atoms with Gasteiger partial charge in [0.25, 0.3) is 0 Å². The Bertz CT molecular complexity index is 3070. The highest BCUT2D eigenvalue weighted by atomic mass is 16.3. The Morgan fingerprint density at radius 3 is 1.89 bits per heavy atom. The predicted molar refractivity (Wildman–Crippen MR) is 197 cm³/mol. The quantitative estimate of drug-likeness (QED) is 0.182. The maximum Gasteiger partial charge on any atom is 0.145 e. The topological polar surface area (TPSA) is 23.0 Å². The minimum Gasteiger partial charge on any atom is -0.455 e. The number of hydrogen-bond donors (Lipinski definition) is 0. The Morgan fingerprint density at radius 2 is 1.02 bits per heavy atom. The van der Waals surface area contributed by atoms with Crippen LogP contribution in [0.2, 0.25) is 0 Å². The first kappa shape index (κ1) is 24.9. The van der Waals surface area contributed by atoms with Gasteiger partial charge in [-0.2, -0.15) is 0 Å². The van der Waals surface area contributed by atoms with Gasteiger partial charge in [-0.3, -0.25) is 0 Å². The van der Waals surface area contributed by atoms with Crippen molar-refractivity contribution in [3.05, 3.63) is 158 Å². The number of aromatic nitrogens is 2. The fraction of sp³-hybridized carbons (Fsp3) is 0. The van der Waals surface area contributed by atoms with E-state index in [0.29, 0.717) is 0 Å². The highest BCUT2D eigenvalue weighted by Gasteiger charge is 2.24. The minimum atomic E-state index is 0.911. The lowest BCUT2D eigenvalue weighted by Gasteiger charge is -2.16. The first-order valence-electron chi connectivity index (χ1n) is 16.1. The van der Waals surface area contributed by atoms with E-state index >= 15 is 0 Å². The van der Waals surface area contributed by atoms with Gasteiger partial charge in [0.05, 0.1) is 33.1 Å². The summed E-state index contributed by atoms with van der Waals surface area (Å²) in [6, 6.07) is 57.0. The van der Waals surface area contributed by atoms with Crippen molar-refractivity contribution in [1.82, 2.24) is 9.13 Å². The summed E-state index contributed by atoms with van der Waals surface area (Å²) in [6.07, 6.45) is 0. The predicted octanol–water partition coefficient (Wildman–Crippen LogP) is 12.1. The maximum atomic E-state index is 6.69. The second kappa shape index (κ2) is 9.12. The summed E-state index contributed by atoms with van der Waals surface area (Å²) < 4.78 is 11.6. The molecule has 0 aliphatic carbocycles. The summed E-state index contributed by atoms with van der Waals surface area (Å²) in [5.41, 5.74) is 8.82. The Labute approximate surface area is 269 Å². The maximum absolute atomic E-state index is 6.69. The minimum absolute atomic E-state index is 0.911. The van der Waals surface area contributed by atoms with Gasteiger partial charge in [0, 0.05) is 38.0 Å². The molecule has 0 unspecified atom stereocenters. The molecular weight excluding hydrogens is 572 g/mol. The lowest BCUT2D eigenvalue weighted by Crippen LogP contribution is -1.99. The second-order valence-corrected chi connectivity index (χ2v) is 12.5. The Kier molecular flexibility index (Phi) is 4.84. The number of nitrogens with zero attached hydrogens (tertiary/aromatic N) is 2. The molecule has 3 heterocycles. The van der Waals surface area contributed by atoms with E-state index in [2.05, 4.69) is 161 Å². The number of benzene rings is 8. The molecule has 0 N–H and O–H groups in total. The summed E-state index contributed by atoms with van der Waals surface area (Å²) >= 11 is 0. The van der Waals surface area contributed by atoms with Gasteiger partial charge in [-0.05, 0) is 58.6 Å². The Balaban J connectivity index is 1.42. The van der Waals surface area contributed by atoms with Crippen molar-refractivity contribution in [3.63, 3.8) is 0 Å². The number of fused-ring (bicyclic) bond motifs is 14. The molecule has 0 amide bonds. The SMILES string of the molecule is c1ccc(-n2c3ccc4c5ccccc5oc4c3c3ccc4c5ccccc5n(-c5cc6ccccc6c6ccccc56)c4c32)cc1. The molecule has 8 aromatic carbocycles. The molecule has 0 aliphatic rings. The van der Waals surface area contributed by atoms with Crippen LogP contribution in [0, 0.1) is 0 Å². The van der Waals surface area contributed by atoms with Crippen LogP contribution in [0.15, 0.2) is 162 Å². The summed E-state index contributed by atoms with van der Waals surface area (Å²) in [5, 5.41) is 12.0. The molecule has 3 nitrogen and oxygen atoms in total. The van der Waals surface area contributed by atoms with Gasteiger partial charge < -0.3 is 13.6 Å². The molecule has 47 heavy (non-hydrogen) atoms. The molecule has 0 aliphatic heterocycles. The third-order valence-electron chi connectivity index (χ3n) is 10.1. The second-order valence-electron chi connectivity index (χ2n) is 12.5. The average molecular weight is 599 g/mol. The third-order valence-corrected chi connectivity index (χ3v) is 10.1. The van der Waals surface area contributed by atoms with Crippen molar-refractivity contribution in [2.45, 2.75) is 0 Å². The van der Waals surface area contributed by atoms with E-state index in [1.165, 1.54) is 59.9 Å². The largest absolute Gasteiger partial charge is 0.455 e. The van der Waals surface area contributed by atoms with Gasteiger partial charge in [-0.15, -0.1) is 0 Å². The number of hydrogen-bond acceptors (Lipinski definition) is 1. The van der Waals surface area contributed by atoms with E-state index < -0.39 is 0 Å². The summed E-state index contributed by atoms with van der Waals surface area (Å²) in [4.78, 5) is 0. The van der Waals surface area contributed by atoms with Gasteiger partial charge in [-0.1, -0.05) is 115 Å². The summed E-state index contributed by atoms with van der Waals surface area (Å²) in [5.74, 6) is 0. The molecule has 11 rings (SSSR count). The van der Waals surface area contributed by atoms with Crippen LogP contribution in [-0.2, 0) is 0 Å². The highest BCUT2D eigenvalue weighted by molar-refractivity contribution is 6.30. The van der Waals surface area contributed by atoms with Crippen LogP contribution < -0.4 is 0 Å². The standard InChI is InChI=1S/C44H26N2O/c1-2-13-28(14-3-1)45-38-25-24-35-33-19-9-11-21-40(33)47-44(35)41(38)36-23-22-34-32-18-8-10-20-37(32)46(42(34)43(36)45)39-26-27-12-4-5-15-29(27)30-16-6-7-17-31(30)39/h1-26H. The average Bonchev–Trinajstić information content (AvgIpc) is 3.79. The van der Waals surface area contributed by atoms with E-state index in [4.69, 9.17) is 4.42 Å². The smallest absolute Gasteiger partial charge is 0.145 e. The zero-order valence-corrected chi connectivity index (χ0v) is 25.3. The van der Waals surface area contributed by atoms with E-state index in [9.17, 15) is 0 Å². The molecule has 0 saturated heterocycles. The fourth-order valence-corrected chi connectivity index (χ4v) is 8.13. The number of rotatable bonds is 2. The van der Waals surface area contributed by atoms with Gasteiger partial charge in [0.2, 0.25) is 0 Å². The van der Waals surface area contributed by atoms with Crippen LogP contribution >= 0.6 is 0 Å². The molecule has 0 fully saturated rings. The van der Waals surface area contributed by atoms with Crippen LogP contribution in [0.3, 0.4) is 0 Å². The first-order valence-corrected chi connectivity index (χ1v) is 16.1. The molecule has 3 heteroatoms. The van der Waals surface area contributed by atoms with Crippen molar-refractivity contribution in [2.75, 3.05) is 0 Å². The van der Waals surface area contributed by atoms with Crippen LogP contribution in [0.1, 0.15) is 0 Å². The number of furan rings is 1. The van der Waals surface area contributed by atoms with E-state index in [-0.39, 0.29) is 0 Å². The summed E-state index contributed by atoms with van der Waals surface area (Å²) in [6.45, 7) is 0. The van der Waals surface area contributed by atoms with Crippen molar-refractivity contribution >= 4 is 87.1 Å². The molecule has 218 valence electrons. The van der Waals surface area contributed by atoms with Crippen molar-refractivity contribution in [2.24, 2.45) is 0 Å². The zero-order chi connectivity index (χ0) is 30.6. The Morgan fingerprint density at radius 1 is 0.383 bits per heavy atom. The van der Waals surface area contributed by atoms with Crippen molar-refractivity contribution in [3.8, 4) is 11.4 Å². The molecule has 0 bridgehead atoms. The van der Waals surface area contributed by atoms with Crippen LogP contribution in [0.25, 0.3) is 98.5 Å². The first-order chi connectivity index (χ1) is 23.3. The van der Waals surface area contributed by atoms with Gasteiger partial charge in [0.1, 0.15) is 11.2 Å². The molecule has 3 aromatic heterocycles. The zero-order valence-electron chi connectivity index (χ0n) is 25.3. The Hall–Kier alpha value is -6.32. The molecular formula is C44H26N2O. The highest BCUT2D eigenvalue weighted by Crippen LogP contribution is 2.46. The van der Waals surface area contributed by atoms with Crippen molar-refractivity contribution < 1.29 is 4.42 Å². The number of para-hydroxylation sites is 3. The third kappa shape index (κ3) is 3.25. The van der Waals surface area contributed by atoms with Gasteiger partial charge in [-0.25, -0.2) is 0 Å². The fourth-order valence-electron chi connectivity index (χ4n) is 8.13. The van der Waals surface area contributed by atoms with E-state index in [1.54, 1.807) is 0 Å². The van der Waals surface area contributed by atoms with Crippen molar-refractivity contribution in [1.29, 1.82) is 0 Å². The molecule has 0 spiro atoms. The summed E-state index contributed by atoms with van der Waals surface area (Å²) in [7, 11) is 0. The molecule has 0 radical (unpaired) electrons. The van der Waals surface area contributed by atoms with Crippen LogP contribution in [-0.4, -0.2) is 9.13 Å². The van der Waals surface area contributed by atoms with Gasteiger partial charge >= 0.3 is 0 Å². The molecule has 0 atom stereocenters. The van der Waals surface area contributed by atoms with E-state index in [0.717, 1.165) is 38.5 Å². The monoisotopic (exact) mass is 598 g/mol.